The van der Waals surface area contributed by atoms with E-state index < -0.39 is 35.1 Å². The van der Waals surface area contributed by atoms with Gasteiger partial charge in [0, 0.05) is 17.8 Å². The molecule has 1 aliphatic heterocycles. The molecule has 37 heavy (non-hydrogen) atoms. The van der Waals surface area contributed by atoms with Crippen molar-refractivity contribution >= 4 is 34.7 Å². The number of anilines is 1. The van der Waals surface area contributed by atoms with Gasteiger partial charge < -0.3 is 19.3 Å². The zero-order chi connectivity index (χ0) is 26.9. The third kappa shape index (κ3) is 4.70. The lowest BCUT2D eigenvalue weighted by Gasteiger charge is -2.26. The van der Waals surface area contributed by atoms with E-state index in [2.05, 4.69) is 0 Å². The number of ketones is 1. The fraction of sp³-hybridized carbons (Fsp3) is 0.185. The summed E-state index contributed by atoms with van der Waals surface area (Å²) in [6.07, 6.45) is 0. The summed E-state index contributed by atoms with van der Waals surface area (Å²) in [5.74, 6) is -4.02. The van der Waals surface area contributed by atoms with E-state index in [1.165, 1.54) is 32.4 Å². The van der Waals surface area contributed by atoms with Gasteiger partial charge in [0.2, 0.25) is 0 Å². The number of rotatable bonds is 7. The van der Waals surface area contributed by atoms with E-state index in [1.54, 1.807) is 24.3 Å². The van der Waals surface area contributed by atoms with Gasteiger partial charge in [-0.15, -0.1) is 0 Å². The third-order valence-electron chi connectivity index (χ3n) is 5.86. The average molecular weight is 530 g/mol. The molecule has 192 valence electrons. The highest BCUT2D eigenvalue weighted by molar-refractivity contribution is 6.51. The number of Topliss-reactive ketones (excluding diaryl/α,β-unsaturated/α-hetero) is 1. The van der Waals surface area contributed by atoms with Crippen LogP contribution in [0.25, 0.3) is 5.76 Å². The highest BCUT2D eigenvalue weighted by Gasteiger charge is 2.47. The van der Waals surface area contributed by atoms with Crippen LogP contribution in [0, 0.1) is 11.6 Å². The Morgan fingerprint density at radius 2 is 1.65 bits per heavy atom. The minimum absolute atomic E-state index is 0.0347. The molecule has 0 bridgehead atoms. The van der Waals surface area contributed by atoms with Crippen molar-refractivity contribution in [2.75, 3.05) is 25.7 Å². The van der Waals surface area contributed by atoms with E-state index >= 15 is 0 Å². The Morgan fingerprint density at radius 3 is 2.24 bits per heavy atom. The molecule has 0 aromatic heterocycles. The van der Waals surface area contributed by atoms with Crippen LogP contribution < -0.4 is 19.1 Å². The maximum absolute atomic E-state index is 14.1. The zero-order valence-electron chi connectivity index (χ0n) is 20.1. The molecular weight excluding hydrogens is 508 g/mol. The molecule has 1 heterocycles. The number of aliphatic hydroxyl groups excluding tert-OH is 1. The lowest BCUT2D eigenvalue weighted by atomic mass is 9.94. The standard InChI is InChI=1S/C27H22ClF2NO6/c1-4-37-16-8-5-14(6-9-16)24-23(25(32)17-12-18(28)22(36-3)13-21(17)35-2)26(33)27(34)31(24)15-7-10-19(29)20(30)11-15/h5-13,24,32H,4H2,1-3H3/b25-23+. The molecule has 4 rings (SSSR count). The molecule has 1 aliphatic rings. The Morgan fingerprint density at radius 1 is 0.973 bits per heavy atom. The van der Waals surface area contributed by atoms with Gasteiger partial charge in [-0.2, -0.15) is 0 Å². The largest absolute Gasteiger partial charge is 0.507 e. The fourth-order valence-electron chi connectivity index (χ4n) is 4.15. The van der Waals surface area contributed by atoms with E-state index in [1.807, 2.05) is 6.92 Å². The summed E-state index contributed by atoms with van der Waals surface area (Å²) in [6.45, 7) is 2.24. The molecule has 3 aromatic carbocycles. The van der Waals surface area contributed by atoms with E-state index in [0.717, 1.165) is 17.0 Å². The number of aliphatic hydroxyl groups is 1. The van der Waals surface area contributed by atoms with Gasteiger partial charge in [0.25, 0.3) is 11.7 Å². The quantitative estimate of drug-likeness (QED) is 0.241. The number of methoxy groups -OCH3 is 2. The van der Waals surface area contributed by atoms with Crippen LogP contribution in [0.2, 0.25) is 5.02 Å². The fourth-order valence-corrected chi connectivity index (χ4v) is 4.39. The number of nitrogens with zero attached hydrogens (tertiary/aromatic N) is 1. The predicted octanol–water partition coefficient (Wildman–Crippen LogP) is 5.66. The molecule has 1 fully saturated rings. The summed E-state index contributed by atoms with van der Waals surface area (Å²) in [5.41, 5.74) is 0.0807. The van der Waals surface area contributed by atoms with Crippen LogP contribution in [-0.4, -0.2) is 37.6 Å². The number of carbonyl (C=O) groups excluding carboxylic acids is 2. The number of halogens is 3. The van der Waals surface area contributed by atoms with Crippen molar-refractivity contribution in [1.82, 2.24) is 0 Å². The summed E-state index contributed by atoms with van der Waals surface area (Å²) in [4.78, 5) is 27.6. The topological polar surface area (TPSA) is 85.3 Å². The molecule has 0 saturated carbocycles. The van der Waals surface area contributed by atoms with Crippen molar-refractivity contribution < 1.29 is 37.7 Å². The Bertz CT molecular complexity index is 1410. The van der Waals surface area contributed by atoms with Gasteiger partial charge in [-0.25, -0.2) is 8.78 Å². The first kappa shape index (κ1) is 26.0. The first-order valence-corrected chi connectivity index (χ1v) is 11.5. The van der Waals surface area contributed by atoms with Gasteiger partial charge in [-0.1, -0.05) is 23.7 Å². The van der Waals surface area contributed by atoms with Crippen molar-refractivity contribution in [1.29, 1.82) is 0 Å². The molecule has 1 saturated heterocycles. The van der Waals surface area contributed by atoms with Crippen molar-refractivity contribution in [3.05, 3.63) is 88.0 Å². The van der Waals surface area contributed by atoms with Gasteiger partial charge in [0.05, 0.1) is 43.0 Å². The van der Waals surface area contributed by atoms with Crippen LogP contribution in [0.1, 0.15) is 24.1 Å². The summed E-state index contributed by atoms with van der Waals surface area (Å²) in [6, 6.07) is 10.9. The maximum atomic E-state index is 14.1. The number of ether oxygens (including phenoxy) is 3. The number of hydrogen-bond donors (Lipinski definition) is 1. The highest BCUT2D eigenvalue weighted by atomic mass is 35.5. The first-order valence-electron chi connectivity index (χ1n) is 11.1. The summed E-state index contributed by atoms with van der Waals surface area (Å²) >= 11 is 6.26. The number of hydrogen-bond acceptors (Lipinski definition) is 6. The third-order valence-corrected chi connectivity index (χ3v) is 6.16. The molecule has 1 atom stereocenters. The number of amides is 1. The molecule has 7 nitrogen and oxygen atoms in total. The van der Waals surface area contributed by atoms with Crippen LogP contribution in [-0.2, 0) is 9.59 Å². The molecular formula is C27H22ClF2NO6. The summed E-state index contributed by atoms with van der Waals surface area (Å²) in [7, 11) is 2.75. The van der Waals surface area contributed by atoms with Gasteiger partial charge in [0.1, 0.15) is 23.0 Å². The maximum Gasteiger partial charge on any atom is 0.300 e. The van der Waals surface area contributed by atoms with Crippen LogP contribution in [0.4, 0.5) is 14.5 Å². The molecule has 1 unspecified atom stereocenters. The molecule has 10 heteroatoms. The number of carbonyl (C=O) groups is 2. The SMILES string of the molecule is CCOc1ccc(C2/C(=C(\O)c3cc(Cl)c(OC)cc3OC)C(=O)C(=O)N2c2ccc(F)c(F)c2)cc1. The van der Waals surface area contributed by atoms with Crippen molar-refractivity contribution in [2.45, 2.75) is 13.0 Å². The van der Waals surface area contributed by atoms with Crippen molar-refractivity contribution in [2.24, 2.45) is 0 Å². The Balaban J connectivity index is 1.97. The van der Waals surface area contributed by atoms with Crippen LogP contribution in [0.15, 0.2) is 60.2 Å². The average Bonchev–Trinajstić information content (AvgIpc) is 3.16. The first-order chi connectivity index (χ1) is 17.7. The number of benzene rings is 3. The predicted molar refractivity (Wildman–Crippen MR) is 133 cm³/mol. The van der Waals surface area contributed by atoms with E-state index in [0.29, 0.717) is 17.9 Å². The van der Waals surface area contributed by atoms with Gasteiger partial charge in [0.15, 0.2) is 11.6 Å². The van der Waals surface area contributed by atoms with E-state index in [9.17, 15) is 23.5 Å². The van der Waals surface area contributed by atoms with Crippen LogP contribution in [0.3, 0.4) is 0 Å². The zero-order valence-corrected chi connectivity index (χ0v) is 20.8. The normalized spacial score (nSPS) is 16.7. The molecule has 1 amide bonds. The molecule has 3 aromatic rings. The minimum atomic E-state index is -1.20. The summed E-state index contributed by atoms with van der Waals surface area (Å²) in [5, 5.41) is 11.5. The van der Waals surface area contributed by atoms with Crippen molar-refractivity contribution in [3.8, 4) is 17.2 Å². The van der Waals surface area contributed by atoms with E-state index in [4.69, 9.17) is 25.8 Å². The molecule has 0 spiro atoms. The van der Waals surface area contributed by atoms with Crippen LogP contribution in [0.5, 0.6) is 17.2 Å². The Hall–Kier alpha value is -4.11. The van der Waals surface area contributed by atoms with Gasteiger partial charge in [-0.3, -0.25) is 14.5 Å². The second kappa shape index (κ2) is 10.5. The highest BCUT2D eigenvalue weighted by Crippen LogP contribution is 2.45. The lowest BCUT2D eigenvalue weighted by Crippen LogP contribution is -2.29. The second-order valence-electron chi connectivity index (χ2n) is 7.96. The van der Waals surface area contributed by atoms with Gasteiger partial charge >= 0.3 is 0 Å². The minimum Gasteiger partial charge on any atom is -0.507 e. The monoisotopic (exact) mass is 529 g/mol. The Labute approximate surface area is 216 Å². The van der Waals surface area contributed by atoms with E-state index in [-0.39, 0.29) is 33.3 Å². The molecule has 1 N–H and O–H groups in total. The molecule has 0 aliphatic carbocycles. The summed E-state index contributed by atoms with van der Waals surface area (Å²) < 4.78 is 43.8. The van der Waals surface area contributed by atoms with Gasteiger partial charge in [-0.05, 0) is 42.8 Å². The van der Waals surface area contributed by atoms with Crippen LogP contribution >= 0.6 is 11.6 Å². The second-order valence-corrected chi connectivity index (χ2v) is 8.36. The van der Waals surface area contributed by atoms with Crippen molar-refractivity contribution in [3.63, 3.8) is 0 Å². The lowest BCUT2D eigenvalue weighted by molar-refractivity contribution is -0.132. The molecule has 0 radical (unpaired) electrons. The smallest absolute Gasteiger partial charge is 0.300 e. The Kier molecular flexibility index (Phi) is 7.35.